The molecule has 6 nitrogen and oxygen atoms in total. The summed E-state index contributed by atoms with van der Waals surface area (Å²) in [7, 11) is 2.19. The van der Waals surface area contributed by atoms with Gasteiger partial charge in [-0.05, 0) is 56.9 Å². The highest BCUT2D eigenvalue weighted by molar-refractivity contribution is 5.68. The molecule has 4 rings (SSSR count). The van der Waals surface area contributed by atoms with Gasteiger partial charge in [-0.1, -0.05) is 32.6 Å². The van der Waals surface area contributed by atoms with E-state index in [4.69, 9.17) is 9.97 Å². The molecule has 1 atom stereocenters. The topological polar surface area (TPSA) is 51.3 Å². The van der Waals surface area contributed by atoms with Gasteiger partial charge in [0.05, 0.1) is 29.7 Å². The van der Waals surface area contributed by atoms with Gasteiger partial charge in [0, 0.05) is 38.9 Å². The molecule has 2 aromatic rings. The third kappa shape index (κ3) is 5.56. The number of nitrogens with zero attached hydrogens (tertiary/aromatic N) is 5. The second-order valence-corrected chi connectivity index (χ2v) is 9.94. The lowest BCUT2D eigenvalue weighted by molar-refractivity contribution is 0.161. The first-order valence-corrected chi connectivity index (χ1v) is 12.5. The van der Waals surface area contributed by atoms with E-state index in [1.54, 1.807) is 0 Å². The molecule has 0 amide bonds. The van der Waals surface area contributed by atoms with Crippen LogP contribution in [0.4, 0.5) is 0 Å². The number of aryl methyl sites for hydroxylation is 1. The molecule has 2 aliphatic rings. The number of nitrogens with one attached hydrogen (secondary N) is 1. The number of piperazine rings is 1. The summed E-state index contributed by atoms with van der Waals surface area (Å²) in [6.07, 6.45) is 9.59. The smallest absolute Gasteiger partial charge is 0.121 e. The number of hydrogen-bond donors (Lipinski definition) is 1. The SMILES string of the molecule is C=C(c1nc(CN(C)C2CCCc3cccnc32)[nH]c1/C=C\C)N1CCN(CC(C)C)CC1. The summed E-state index contributed by atoms with van der Waals surface area (Å²) in [5.74, 6) is 1.70. The van der Waals surface area contributed by atoms with Crippen molar-refractivity contribution < 1.29 is 0 Å². The first-order valence-electron chi connectivity index (χ1n) is 12.5. The highest BCUT2D eigenvalue weighted by Crippen LogP contribution is 2.33. The van der Waals surface area contributed by atoms with Gasteiger partial charge in [-0.25, -0.2) is 4.98 Å². The van der Waals surface area contributed by atoms with E-state index in [1.807, 2.05) is 6.20 Å². The highest BCUT2D eigenvalue weighted by atomic mass is 15.3. The number of fused-ring (bicyclic) bond motifs is 1. The van der Waals surface area contributed by atoms with Crippen LogP contribution in [-0.2, 0) is 13.0 Å². The number of imidazole rings is 1. The van der Waals surface area contributed by atoms with Gasteiger partial charge < -0.3 is 9.88 Å². The summed E-state index contributed by atoms with van der Waals surface area (Å²) in [4.78, 5) is 20.7. The lowest BCUT2D eigenvalue weighted by atomic mass is 9.91. The number of pyridine rings is 1. The molecular formula is C27H40N6. The van der Waals surface area contributed by atoms with Crippen LogP contribution >= 0.6 is 0 Å². The maximum absolute atomic E-state index is 5.04. The van der Waals surface area contributed by atoms with Gasteiger partial charge in [-0.15, -0.1) is 0 Å². The first kappa shape index (κ1) is 23.7. The monoisotopic (exact) mass is 448 g/mol. The molecule has 0 saturated carbocycles. The lowest BCUT2D eigenvalue weighted by Crippen LogP contribution is -2.46. The number of hydrogen-bond acceptors (Lipinski definition) is 5. The molecule has 0 bridgehead atoms. The van der Waals surface area contributed by atoms with E-state index in [9.17, 15) is 0 Å². The quantitative estimate of drug-likeness (QED) is 0.640. The predicted molar refractivity (Wildman–Crippen MR) is 137 cm³/mol. The predicted octanol–water partition coefficient (Wildman–Crippen LogP) is 4.59. The van der Waals surface area contributed by atoms with Crippen molar-refractivity contribution in [2.75, 3.05) is 39.8 Å². The van der Waals surface area contributed by atoms with Crippen molar-refractivity contribution in [1.82, 2.24) is 29.7 Å². The van der Waals surface area contributed by atoms with E-state index >= 15 is 0 Å². The number of H-pyrrole nitrogens is 1. The van der Waals surface area contributed by atoms with E-state index in [2.05, 4.69) is 78.4 Å². The minimum atomic E-state index is 0.339. The van der Waals surface area contributed by atoms with Crippen molar-refractivity contribution in [2.45, 2.75) is 52.6 Å². The third-order valence-corrected chi connectivity index (χ3v) is 6.86. The Hall–Kier alpha value is -2.44. The zero-order valence-corrected chi connectivity index (χ0v) is 20.8. The largest absolute Gasteiger partial charge is 0.368 e. The molecule has 0 spiro atoms. The number of aromatic nitrogens is 3. The third-order valence-electron chi connectivity index (χ3n) is 6.86. The molecule has 1 N–H and O–H groups in total. The fourth-order valence-corrected chi connectivity index (χ4v) is 5.25. The van der Waals surface area contributed by atoms with Crippen LogP contribution in [0.15, 0.2) is 31.0 Å². The minimum absolute atomic E-state index is 0.339. The van der Waals surface area contributed by atoms with Crippen molar-refractivity contribution >= 4 is 11.8 Å². The molecule has 1 aliphatic carbocycles. The Morgan fingerprint density at radius 3 is 2.82 bits per heavy atom. The molecule has 2 aromatic heterocycles. The van der Waals surface area contributed by atoms with Gasteiger partial charge >= 0.3 is 0 Å². The minimum Gasteiger partial charge on any atom is -0.368 e. The van der Waals surface area contributed by atoms with E-state index in [0.29, 0.717) is 12.0 Å². The number of rotatable bonds is 8. The van der Waals surface area contributed by atoms with Crippen LogP contribution in [0.2, 0.25) is 0 Å². The maximum atomic E-state index is 5.04. The standard InChI is InChI=1S/C27H40N6/c1-6-9-23-26(21(4)33-16-14-32(15-17-33)18-20(2)3)30-25(29-23)19-31(5)24-12-7-10-22-11-8-13-28-27(22)24/h6,8-9,11,13,20,24H,4,7,10,12,14-19H2,1-3,5H3,(H,29,30)/b9-6-. The Bertz CT molecular complexity index is 967. The molecule has 33 heavy (non-hydrogen) atoms. The molecule has 1 saturated heterocycles. The van der Waals surface area contributed by atoms with Gasteiger partial charge in [0.1, 0.15) is 11.5 Å². The summed E-state index contributed by atoms with van der Waals surface area (Å²) in [5.41, 5.74) is 5.69. The number of allylic oxidation sites excluding steroid dienone is 1. The summed E-state index contributed by atoms with van der Waals surface area (Å²) in [6.45, 7) is 17.2. The van der Waals surface area contributed by atoms with Crippen LogP contribution in [0, 0.1) is 5.92 Å². The van der Waals surface area contributed by atoms with Crippen LogP contribution in [0.3, 0.4) is 0 Å². The average Bonchev–Trinajstić information content (AvgIpc) is 3.20. The van der Waals surface area contributed by atoms with E-state index in [0.717, 1.165) is 68.5 Å². The molecular weight excluding hydrogens is 408 g/mol. The van der Waals surface area contributed by atoms with Crippen LogP contribution in [0.5, 0.6) is 0 Å². The van der Waals surface area contributed by atoms with Crippen molar-refractivity contribution in [3.05, 3.63) is 59.5 Å². The zero-order chi connectivity index (χ0) is 23.4. The summed E-state index contributed by atoms with van der Waals surface area (Å²) >= 11 is 0. The van der Waals surface area contributed by atoms with Crippen molar-refractivity contribution in [3.63, 3.8) is 0 Å². The van der Waals surface area contributed by atoms with Crippen LogP contribution in [0.1, 0.15) is 68.1 Å². The van der Waals surface area contributed by atoms with Crippen LogP contribution in [0.25, 0.3) is 11.8 Å². The van der Waals surface area contributed by atoms with Gasteiger partial charge in [0.15, 0.2) is 0 Å². The second kappa shape index (κ2) is 10.7. The van der Waals surface area contributed by atoms with Crippen LogP contribution < -0.4 is 0 Å². The Labute approximate surface area is 199 Å². The Kier molecular flexibility index (Phi) is 7.66. The molecule has 0 radical (unpaired) electrons. The van der Waals surface area contributed by atoms with E-state index < -0.39 is 0 Å². The molecule has 178 valence electrons. The van der Waals surface area contributed by atoms with E-state index in [-0.39, 0.29) is 0 Å². The molecule has 0 aromatic carbocycles. The Balaban J connectivity index is 1.46. The Morgan fingerprint density at radius 1 is 1.30 bits per heavy atom. The molecule has 6 heteroatoms. The lowest BCUT2D eigenvalue weighted by Gasteiger charge is -2.37. The second-order valence-electron chi connectivity index (χ2n) is 9.94. The number of aromatic amines is 1. The molecule has 3 heterocycles. The average molecular weight is 449 g/mol. The van der Waals surface area contributed by atoms with Crippen molar-refractivity contribution in [1.29, 1.82) is 0 Å². The summed E-state index contributed by atoms with van der Waals surface area (Å²) in [5, 5.41) is 0. The Morgan fingerprint density at radius 2 is 2.09 bits per heavy atom. The molecule has 1 unspecified atom stereocenters. The van der Waals surface area contributed by atoms with Gasteiger partial charge in [0.2, 0.25) is 0 Å². The maximum Gasteiger partial charge on any atom is 0.121 e. The fourth-order valence-electron chi connectivity index (χ4n) is 5.25. The van der Waals surface area contributed by atoms with Gasteiger partial charge in [-0.2, -0.15) is 0 Å². The zero-order valence-electron chi connectivity index (χ0n) is 20.8. The van der Waals surface area contributed by atoms with Gasteiger partial charge in [-0.3, -0.25) is 14.8 Å². The fraction of sp³-hybridized carbons (Fsp3) is 0.556. The summed E-state index contributed by atoms with van der Waals surface area (Å²) in [6, 6.07) is 4.62. The van der Waals surface area contributed by atoms with E-state index in [1.165, 1.54) is 24.2 Å². The molecule has 1 fully saturated rings. The van der Waals surface area contributed by atoms with Crippen LogP contribution in [-0.4, -0.2) is 69.4 Å². The van der Waals surface area contributed by atoms with Crippen molar-refractivity contribution in [2.24, 2.45) is 5.92 Å². The van der Waals surface area contributed by atoms with Gasteiger partial charge in [0.25, 0.3) is 0 Å². The highest BCUT2D eigenvalue weighted by Gasteiger charge is 2.27. The molecule has 1 aliphatic heterocycles. The van der Waals surface area contributed by atoms with Crippen molar-refractivity contribution in [3.8, 4) is 0 Å². The first-order chi connectivity index (χ1) is 16.0. The normalized spacial score (nSPS) is 19.6. The summed E-state index contributed by atoms with van der Waals surface area (Å²) < 4.78 is 0.